The molecule has 2 aromatic carbocycles. The van der Waals surface area contributed by atoms with Gasteiger partial charge in [0.2, 0.25) is 0 Å². The van der Waals surface area contributed by atoms with Gasteiger partial charge in [0.15, 0.2) is 0 Å². The highest BCUT2D eigenvalue weighted by atomic mass is 16.5. The van der Waals surface area contributed by atoms with Crippen LogP contribution in [0.15, 0.2) is 48.5 Å². The molecule has 0 heterocycles. The molecule has 1 nitrogen and oxygen atoms in total. The lowest BCUT2D eigenvalue weighted by Gasteiger charge is -2.03. The van der Waals surface area contributed by atoms with E-state index in [0.717, 1.165) is 16.9 Å². The normalized spacial score (nSPS) is 9.29. The fourth-order valence-electron chi connectivity index (χ4n) is 1.58. The van der Waals surface area contributed by atoms with Crippen molar-refractivity contribution in [3.8, 4) is 17.6 Å². The number of aryl methyl sites for hydroxylation is 1. The Balaban J connectivity index is 2.36. The van der Waals surface area contributed by atoms with E-state index in [9.17, 15) is 0 Å². The Bertz CT molecular complexity index is 559. The summed E-state index contributed by atoms with van der Waals surface area (Å²) in [5.74, 6) is 7.10. The monoisotopic (exact) mass is 222 g/mol. The van der Waals surface area contributed by atoms with Crippen LogP contribution in [0.4, 0.5) is 0 Å². The van der Waals surface area contributed by atoms with Crippen molar-refractivity contribution in [2.75, 3.05) is 7.11 Å². The summed E-state index contributed by atoms with van der Waals surface area (Å²) < 4.78 is 5.29. The summed E-state index contributed by atoms with van der Waals surface area (Å²) in [7, 11) is 1.67. The standard InChI is InChI=1S/C16H14O/c1-13-8-11-16(17-2)15(12-13)10-9-14-6-4-3-5-7-14/h3-8,11-12H,1-2H3. The summed E-state index contributed by atoms with van der Waals surface area (Å²) >= 11 is 0. The average molecular weight is 222 g/mol. The van der Waals surface area contributed by atoms with Crippen LogP contribution in [0.1, 0.15) is 16.7 Å². The SMILES string of the molecule is COc1ccc(C)cc1C#Cc1ccccc1. The Labute approximate surface area is 102 Å². The molecule has 0 N–H and O–H groups in total. The van der Waals surface area contributed by atoms with Crippen molar-refractivity contribution in [3.05, 3.63) is 65.2 Å². The molecule has 0 spiro atoms. The first-order valence-electron chi connectivity index (χ1n) is 5.51. The van der Waals surface area contributed by atoms with Gasteiger partial charge in [-0.05, 0) is 36.8 Å². The largest absolute Gasteiger partial charge is 0.495 e. The van der Waals surface area contributed by atoms with Crippen molar-refractivity contribution in [3.63, 3.8) is 0 Å². The molecule has 0 unspecified atom stereocenters. The predicted octanol–water partition coefficient (Wildman–Crippen LogP) is 3.40. The van der Waals surface area contributed by atoms with E-state index in [1.54, 1.807) is 7.11 Å². The van der Waals surface area contributed by atoms with E-state index >= 15 is 0 Å². The maximum atomic E-state index is 5.29. The van der Waals surface area contributed by atoms with Crippen molar-refractivity contribution in [1.82, 2.24) is 0 Å². The van der Waals surface area contributed by atoms with Gasteiger partial charge in [0.05, 0.1) is 12.7 Å². The lowest BCUT2D eigenvalue weighted by molar-refractivity contribution is 0.413. The van der Waals surface area contributed by atoms with Crippen LogP contribution in [0.5, 0.6) is 5.75 Å². The molecule has 0 saturated carbocycles. The molecule has 0 atom stereocenters. The fourth-order valence-corrected chi connectivity index (χ4v) is 1.58. The van der Waals surface area contributed by atoms with Gasteiger partial charge in [0.25, 0.3) is 0 Å². The van der Waals surface area contributed by atoms with Crippen LogP contribution in [0, 0.1) is 18.8 Å². The molecule has 0 bridgehead atoms. The number of rotatable bonds is 1. The molecule has 84 valence electrons. The van der Waals surface area contributed by atoms with Crippen LogP contribution in [-0.4, -0.2) is 7.11 Å². The molecular weight excluding hydrogens is 208 g/mol. The second kappa shape index (κ2) is 5.23. The third-order valence-corrected chi connectivity index (χ3v) is 2.47. The first-order chi connectivity index (χ1) is 8.29. The van der Waals surface area contributed by atoms with Crippen LogP contribution in [0.2, 0.25) is 0 Å². The zero-order chi connectivity index (χ0) is 12.1. The Morgan fingerprint density at radius 1 is 0.941 bits per heavy atom. The van der Waals surface area contributed by atoms with Crippen molar-refractivity contribution < 1.29 is 4.74 Å². The van der Waals surface area contributed by atoms with E-state index in [0.29, 0.717) is 0 Å². The van der Waals surface area contributed by atoms with Gasteiger partial charge in [-0.3, -0.25) is 0 Å². The van der Waals surface area contributed by atoms with Crippen LogP contribution in [0.25, 0.3) is 0 Å². The van der Waals surface area contributed by atoms with Crippen molar-refractivity contribution in [2.24, 2.45) is 0 Å². The topological polar surface area (TPSA) is 9.23 Å². The van der Waals surface area contributed by atoms with Gasteiger partial charge in [-0.25, -0.2) is 0 Å². The summed E-state index contributed by atoms with van der Waals surface area (Å²) in [6.07, 6.45) is 0. The third kappa shape index (κ3) is 2.89. The molecule has 0 saturated heterocycles. The molecule has 2 aromatic rings. The van der Waals surface area contributed by atoms with Crippen LogP contribution in [0.3, 0.4) is 0 Å². The lowest BCUT2D eigenvalue weighted by atomic mass is 10.1. The van der Waals surface area contributed by atoms with E-state index in [1.165, 1.54) is 5.56 Å². The zero-order valence-corrected chi connectivity index (χ0v) is 10.0. The minimum atomic E-state index is 0.819. The third-order valence-electron chi connectivity index (χ3n) is 2.47. The first kappa shape index (κ1) is 11.3. The van der Waals surface area contributed by atoms with E-state index in [-0.39, 0.29) is 0 Å². The van der Waals surface area contributed by atoms with E-state index in [4.69, 9.17) is 4.74 Å². The fraction of sp³-hybridized carbons (Fsp3) is 0.125. The van der Waals surface area contributed by atoms with Gasteiger partial charge in [0, 0.05) is 5.56 Å². The van der Waals surface area contributed by atoms with Gasteiger partial charge in [-0.2, -0.15) is 0 Å². The molecule has 0 amide bonds. The quantitative estimate of drug-likeness (QED) is 0.672. The molecule has 2 rings (SSSR count). The number of hydrogen-bond acceptors (Lipinski definition) is 1. The smallest absolute Gasteiger partial charge is 0.134 e. The average Bonchev–Trinajstić information content (AvgIpc) is 2.38. The molecular formula is C16H14O. The van der Waals surface area contributed by atoms with Gasteiger partial charge >= 0.3 is 0 Å². The second-order valence-electron chi connectivity index (χ2n) is 3.82. The van der Waals surface area contributed by atoms with Crippen LogP contribution < -0.4 is 4.74 Å². The molecule has 17 heavy (non-hydrogen) atoms. The minimum Gasteiger partial charge on any atom is -0.495 e. The molecule has 0 fully saturated rings. The van der Waals surface area contributed by atoms with E-state index in [2.05, 4.69) is 11.8 Å². The molecule has 0 aliphatic carbocycles. The van der Waals surface area contributed by atoms with E-state index < -0.39 is 0 Å². The van der Waals surface area contributed by atoms with Crippen molar-refractivity contribution in [1.29, 1.82) is 0 Å². The van der Waals surface area contributed by atoms with Gasteiger partial charge in [0.1, 0.15) is 5.75 Å². The minimum absolute atomic E-state index is 0.819. The van der Waals surface area contributed by atoms with E-state index in [1.807, 2.05) is 55.5 Å². The molecule has 0 aliphatic heterocycles. The Morgan fingerprint density at radius 3 is 2.41 bits per heavy atom. The lowest BCUT2D eigenvalue weighted by Crippen LogP contribution is -1.88. The summed E-state index contributed by atoms with van der Waals surface area (Å²) in [5, 5.41) is 0. The number of hydrogen-bond donors (Lipinski definition) is 0. The first-order valence-corrected chi connectivity index (χ1v) is 5.51. The Morgan fingerprint density at radius 2 is 1.71 bits per heavy atom. The van der Waals surface area contributed by atoms with Crippen molar-refractivity contribution >= 4 is 0 Å². The summed E-state index contributed by atoms with van der Waals surface area (Å²) in [4.78, 5) is 0. The van der Waals surface area contributed by atoms with Gasteiger partial charge < -0.3 is 4.74 Å². The highest BCUT2D eigenvalue weighted by molar-refractivity contribution is 5.51. The molecule has 0 aromatic heterocycles. The summed E-state index contributed by atoms with van der Waals surface area (Å²) in [6.45, 7) is 2.05. The molecule has 0 radical (unpaired) electrons. The predicted molar refractivity (Wildman–Crippen MR) is 70.2 cm³/mol. The highest BCUT2D eigenvalue weighted by Crippen LogP contribution is 2.18. The maximum absolute atomic E-state index is 5.29. The zero-order valence-electron chi connectivity index (χ0n) is 10.0. The van der Waals surface area contributed by atoms with Gasteiger partial charge in [-0.15, -0.1) is 0 Å². The number of benzene rings is 2. The Kier molecular flexibility index (Phi) is 3.47. The van der Waals surface area contributed by atoms with Gasteiger partial charge in [-0.1, -0.05) is 36.1 Å². The van der Waals surface area contributed by atoms with Crippen molar-refractivity contribution in [2.45, 2.75) is 6.92 Å². The summed E-state index contributed by atoms with van der Waals surface area (Å²) in [6, 6.07) is 15.9. The summed E-state index contributed by atoms with van der Waals surface area (Å²) in [5.41, 5.74) is 3.12. The highest BCUT2D eigenvalue weighted by Gasteiger charge is 1.99. The Hall–Kier alpha value is -2.20. The maximum Gasteiger partial charge on any atom is 0.134 e. The van der Waals surface area contributed by atoms with Crippen LogP contribution >= 0.6 is 0 Å². The molecule has 1 heteroatoms. The number of ether oxygens (including phenoxy) is 1. The van der Waals surface area contributed by atoms with Crippen LogP contribution in [-0.2, 0) is 0 Å². The molecule has 0 aliphatic rings. The second-order valence-corrected chi connectivity index (χ2v) is 3.82. The number of methoxy groups -OCH3 is 1.